The molecule has 1 heterocycles. The summed E-state index contributed by atoms with van der Waals surface area (Å²) in [6, 6.07) is 13.8. The van der Waals surface area contributed by atoms with Crippen LogP contribution in [0.1, 0.15) is 31.2 Å². The SMILES string of the molecule is CCC(C(=O)NCC1CCN(c2ccc(F)c(F)c2)C1)c1ccccc1. The van der Waals surface area contributed by atoms with Crippen molar-refractivity contribution >= 4 is 11.6 Å². The number of amides is 1. The topological polar surface area (TPSA) is 32.3 Å². The summed E-state index contributed by atoms with van der Waals surface area (Å²) in [4.78, 5) is 14.6. The lowest BCUT2D eigenvalue weighted by Crippen LogP contribution is -2.34. The summed E-state index contributed by atoms with van der Waals surface area (Å²) in [5.41, 5.74) is 1.72. The van der Waals surface area contributed by atoms with Crippen molar-refractivity contribution in [3.63, 3.8) is 0 Å². The zero-order valence-corrected chi connectivity index (χ0v) is 14.9. The van der Waals surface area contributed by atoms with Crippen molar-refractivity contribution in [1.29, 1.82) is 0 Å². The van der Waals surface area contributed by atoms with Gasteiger partial charge in [0.2, 0.25) is 5.91 Å². The minimum atomic E-state index is -0.830. The Labute approximate surface area is 153 Å². The van der Waals surface area contributed by atoms with E-state index in [0.717, 1.165) is 37.6 Å². The molecule has 1 fully saturated rings. The fourth-order valence-corrected chi connectivity index (χ4v) is 3.54. The summed E-state index contributed by atoms with van der Waals surface area (Å²) in [7, 11) is 0. The average molecular weight is 358 g/mol. The number of halogens is 2. The van der Waals surface area contributed by atoms with Gasteiger partial charge in [0.05, 0.1) is 5.92 Å². The first kappa shape index (κ1) is 18.4. The van der Waals surface area contributed by atoms with Crippen LogP contribution in [0.2, 0.25) is 0 Å². The summed E-state index contributed by atoms with van der Waals surface area (Å²) < 4.78 is 26.5. The molecule has 3 nitrogen and oxygen atoms in total. The summed E-state index contributed by atoms with van der Waals surface area (Å²) in [5.74, 6) is -1.44. The van der Waals surface area contributed by atoms with Gasteiger partial charge in [0.15, 0.2) is 11.6 Å². The molecule has 2 aromatic rings. The monoisotopic (exact) mass is 358 g/mol. The molecule has 3 rings (SSSR count). The quantitative estimate of drug-likeness (QED) is 0.843. The second-order valence-electron chi connectivity index (χ2n) is 6.82. The van der Waals surface area contributed by atoms with Crippen LogP contribution in [0.3, 0.4) is 0 Å². The van der Waals surface area contributed by atoms with Crippen LogP contribution < -0.4 is 10.2 Å². The Morgan fingerprint density at radius 1 is 1.19 bits per heavy atom. The van der Waals surface area contributed by atoms with Crippen LogP contribution >= 0.6 is 0 Å². The van der Waals surface area contributed by atoms with E-state index in [-0.39, 0.29) is 11.8 Å². The molecule has 0 bridgehead atoms. The number of hydrogen-bond donors (Lipinski definition) is 1. The molecular formula is C21H24F2N2O. The van der Waals surface area contributed by atoms with E-state index < -0.39 is 11.6 Å². The highest BCUT2D eigenvalue weighted by molar-refractivity contribution is 5.83. The first-order chi connectivity index (χ1) is 12.6. The van der Waals surface area contributed by atoms with Gasteiger partial charge in [0.1, 0.15) is 0 Å². The van der Waals surface area contributed by atoms with Gasteiger partial charge >= 0.3 is 0 Å². The molecule has 0 aromatic heterocycles. The molecule has 2 atom stereocenters. The van der Waals surface area contributed by atoms with Gasteiger partial charge < -0.3 is 10.2 Å². The van der Waals surface area contributed by atoms with Crippen LogP contribution in [-0.4, -0.2) is 25.5 Å². The molecule has 5 heteroatoms. The standard InChI is InChI=1S/C21H24F2N2O/c1-2-18(16-6-4-3-5-7-16)21(26)24-13-15-10-11-25(14-15)17-8-9-19(22)20(23)12-17/h3-9,12,15,18H,2,10-11,13-14H2,1H3,(H,24,26). The highest BCUT2D eigenvalue weighted by Gasteiger charge is 2.25. The van der Waals surface area contributed by atoms with Crippen molar-refractivity contribution < 1.29 is 13.6 Å². The molecular weight excluding hydrogens is 334 g/mol. The number of carbonyl (C=O) groups excluding carboxylic acids is 1. The molecule has 1 aliphatic heterocycles. The highest BCUT2D eigenvalue weighted by atomic mass is 19.2. The van der Waals surface area contributed by atoms with Crippen LogP contribution in [0.5, 0.6) is 0 Å². The van der Waals surface area contributed by atoms with Crippen LogP contribution in [0, 0.1) is 17.6 Å². The van der Waals surface area contributed by atoms with Gasteiger partial charge in [-0.05, 0) is 36.5 Å². The third-order valence-electron chi connectivity index (χ3n) is 5.05. The van der Waals surface area contributed by atoms with Gasteiger partial charge in [0, 0.05) is 31.4 Å². The molecule has 26 heavy (non-hydrogen) atoms. The number of hydrogen-bond acceptors (Lipinski definition) is 2. The molecule has 1 N–H and O–H groups in total. The van der Waals surface area contributed by atoms with Gasteiger partial charge in [-0.3, -0.25) is 4.79 Å². The van der Waals surface area contributed by atoms with Crippen LogP contribution in [-0.2, 0) is 4.79 Å². The lowest BCUT2D eigenvalue weighted by Gasteiger charge is -2.20. The Kier molecular flexibility index (Phi) is 5.86. The zero-order valence-electron chi connectivity index (χ0n) is 14.9. The molecule has 0 saturated carbocycles. The van der Waals surface area contributed by atoms with E-state index in [2.05, 4.69) is 5.32 Å². The van der Waals surface area contributed by atoms with E-state index >= 15 is 0 Å². The van der Waals surface area contributed by atoms with Gasteiger partial charge in [0.25, 0.3) is 0 Å². The lowest BCUT2D eigenvalue weighted by atomic mass is 9.95. The predicted octanol–water partition coefficient (Wildman–Crippen LogP) is 4.10. The van der Waals surface area contributed by atoms with Gasteiger partial charge in [-0.15, -0.1) is 0 Å². The Bertz CT molecular complexity index is 751. The minimum Gasteiger partial charge on any atom is -0.371 e. The molecule has 1 aliphatic rings. The molecule has 2 aromatic carbocycles. The van der Waals surface area contributed by atoms with E-state index in [4.69, 9.17) is 0 Å². The van der Waals surface area contributed by atoms with Crippen molar-refractivity contribution in [2.24, 2.45) is 5.92 Å². The predicted molar refractivity (Wildman–Crippen MR) is 99.2 cm³/mol. The van der Waals surface area contributed by atoms with Crippen molar-refractivity contribution in [3.05, 3.63) is 65.7 Å². The van der Waals surface area contributed by atoms with Crippen LogP contribution in [0.25, 0.3) is 0 Å². The van der Waals surface area contributed by atoms with Crippen LogP contribution in [0.4, 0.5) is 14.5 Å². The maximum atomic E-state index is 13.4. The van der Waals surface area contributed by atoms with Crippen molar-refractivity contribution in [2.75, 3.05) is 24.5 Å². The van der Waals surface area contributed by atoms with E-state index in [9.17, 15) is 13.6 Å². The summed E-state index contributed by atoms with van der Waals surface area (Å²) in [6.45, 7) is 4.12. The lowest BCUT2D eigenvalue weighted by molar-refractivity contribution is -0.122. The first-order valence-corrected chi connectivity index (χ1v) is 9.11. The van der Waals surface area contributed by atoms with E-state index in [1.54, 1.807) is 6.07 Å². The first-order valence-electron chi connectivity index (χ1n) is 9.11. The van der Waals surface area contributed by atoms with Crippen molar-refractivity contribution in [2.45, 2.75) is 25.7 Å². The Hall–Kier alpha value is -2.43. The third-order valence-corrected chi connectivity index (χ3v) is 5.05. The average Bonchev–Trinajstić information content (AvgIpc) is 3.13. The normalized spacial score (nSPS) is 18.0. The summed E-state index contributed by atoms with van der Waals surface area (Å²) in [5, 5.41) is 3.07. The van der Waals surface area contributed by atoms with Gasteiger partial charge in [-0.2, -0.15) is 0 Å². The van der Waals surface area contributed by atoms with Crippen molar-refractivity contribution in [1.82, 2.24) is 5.32 Å². The van der Waals surface area contributed by atoms with Crippen molar-refractivity contribution in [3.8, 4) is 0 Å². The number of carbonyl (C=O) groups is 1. The van der Waals surface area contributed by atoms with E-state index in [0.29, 0.717) is 18.2 Å². The maximum Gasteiger partial charge on any atom is 0.227 e. The fraction of sp³-hybridized carbons (Fsp3) is 0.381. The summed E-state index contributed by atoms with van der Waals surface area (Å²) >= 11 is 0. The fourth-order valence-electron chi connectivity index (χ4n) is 3.54. The second-order valence-corrected chi connectivity index (χ2v) is 6.82. The molecule has 2 unspecified atom stereocenters. The number of rotatable bonds is 6. The Balaban J connectivity index is 1.54. The Morgan fingerprint density at radius 3 is 2.65 bits per heavy atom. The molecule has 1 amide bonds. The van der Waals surface area contributed by atoms with Gasteiger partial charge in [-0.25, -0.2) is 8.78 Å². The van der Waals surface area contributed by atoms with Gasteiger partial charge in [-0.1, -0.05) is 37.3 Å². The summed E-state index contributed by atoms with van der Waals surface area (Å²) in [6.07, 6.45) is 1.67. The third kappa shape index (κ3) is 4.21. The van der Waals surface area contributed by atoms with E-state index in [1.165, 1.54) is 6.07 Å². The number of benzene rings is 2. The number of anilines is 1. The number of nitrogens with one attached hydrogen (secondary N) is 1. The molecule has 0 aliphatic carbocycles. The zero-order chi connectivity index (χ0) is 18.5. The largest absolute Gasteiger partial charge is 0.371 e. The highest BCUT2D eigenvalue weighted by Crippen LogP contribution is 2.25. The number of nitrogens with zero attached hydrogens (tertiary/aromatic N) is 1. The maximum absolute atomic E-state index is 13.4. The molecule has 0 spiro atoms. The van der Waals surface area contributed by atoms with E-state index in [1.807, 2.05) is 42.2 Å². The van der Waals surface area contributed by atoms with Crippen LogP contribution in [0.15, 0.2) is 48.5 Å². The minimum absolute atomic E-state index is 0.0463. The second kappa shape index (κ2) is 8.30. The molecule has 1 saturated heterocycles. The Morgan fingerprint density at radius 2 is 1.96 bits per heavy atom. The molecule has 0 radical (unpaired) electrons. The smallest absolute Gasteiger partial charge is 0.227 e. The molecule has 138 valence electrons.